The van der Waals surface area contributed by atoms with Crippen LogP contribution in [0, 0.1) is 24.6 Å². The SMILES string of the molecule is COCc1[c]c(C)cc(C(F)(C(F)(F)F)C(F)(F)F)c1-c1ccc(F)cc1F. The summed E-state index contributed by atoms with van der Waals surface area (Å²) in [5.41, 5.74) is -10.3. The lowest BCUT2D eigenvalue weighted by Crippen LogP contribution is -2.50. The van der Waals surface area contributed by atoms with Gasteiger partial charge in [-0.15, -0.1) is 0 Å². The smallest absolute Gasteiger partial charge is 0.380 e. The number of rotatable bonds is 4. The number of aryl methyl sites for hydroxylation is 1. The lowest BCUT2D eigenvalue weighted by Gasteiger charge is -2.33. The molecule has 0 aliphatic carbocycles. The molecule has 1 radical (unpaired) electrons. The Morgan fingerprint density at radius 2 is 1.50 bits per heavy atom. The van der Waals surface area contributed by atoms with E-state index in [2.05, 4.69) is 6.07 Å². The van der Waals surface area contributed by atoms with E-state index in [0.717, 1.165) is 14.0 Å². The van der Waals surface area contributed by atoms with Gasteiger partial charge < -0.3 is 4.74 Å². The molecule has 2 aromatic carbocycles. The van der Waals surface area contributed by atoms with E-state index in [0.29, 0.717) is 12.1 Å². The number of halogens is 9. The Labute approximate surface area is 153 Å². The minimum atomic E-state index is -6.41. The highest BCUT2D eigenvalue weighted by Gasteiger charge is 2.74. The topological polar surface area (TPSA) is 9.23 Å². The van der Waals surface area contributed by atoms with Gasteiger partial charge in [0.25, 0.3) is 0 Å². The van der Waals surface area contributed by atoms with Crippen molar-refractivity contribution in [1.82, 2.24) is 0 Å². The molecule has 10 heteroatoms. The molecular formula is C18H12F9O. The molecule has 0 saturated heterocycles. The van der Waals surface area contributed by atoms with Crippen molar-refractivity contribution in [3.63, 3.8) is 0 Å². The van der Waals surface area contributed by atoms with Gasteiger partial charge in [-0.25, -0.2) is 13.2 Å². The molecule has 28 heavy (non-hydrogen) atoms. The number of benzene rings is 2. The van der Waals surface area contributed by atoms with Crippen LogP contribution < -0.4 is 0 Å². The van der Waals surface area contributed by atoms with Crippen molar-refractivity contribution >= 4 is 0 Å². The third-order valence-electron chi connectivity index (χ3n) is 3.92. The van der Waals surface area contributed by atoms with Crippen LogP contribution in [0.1, 0.15) is 16.7 Å². The summed E-state index contributed by atoms with van der Waals surface area (Å²) in [6.45, 7) is 0.507. The highest BCUT2D eigenvalue weighted by Crippen LogP contribution is 2.56. The molecule has 0 spiro atoms. The maximum Gasteiger partial charge on any atom is 0.435 e. The molecule has 153 valence electrons. The van der Waals surface area contributed by atoms with E-state index in [4.69, 9.17) is 4.74 Å². The largest absolute Gasteiger partial charge is 0.435 e. The second-order valence-electron chi connectivity index (χ2n) is 5.93. The Morgan fingerprint density at radius 1 is 0.929 bits per heavy atom. The minimum absolute atomic E-state index is 0.260. The van der Waals surface area contributed by atoms with Gasteiger partial charge in [0.2, 0.25) is 0 Å². The summed E-state index contributed by atoms with van der Waals surface area (Å²) in [5.74, 6) is -2.59. The van der Waals surface area contributed by atoms with Crippen LogP contribution in [0.2, 0.25) is 0 Å². The average molecular weight is 415 g/mol. The molecule has 0 aliphatic heterocycles. The lowest BCUT2D eigenvalue weighted by molar-refractivity contribution is -0.348. The molecule has 0 aromatic heterocycles. The molecule has 0 saturated carbocycles. The van der Waals surface area contributed by atoms with Crippen LogP contribution in [0.15, 0.2) is 24.3 Å². The van der Waals surface area contributed by atoms with Gasteiger partial charge in [0, 0.05) is 24.3 Å². The highest BCUT2D eigenvalue weighted by atomic mass is 19.4. The predicted octanol–water partition coefficient (Wildman–Crippen LogP) is 6.18. The highest BCUT2D eigenvalue weighted by molar-refractivity contribution is 5.73. The lowest BCUT2D eigenvalue weighted by atomic mass is 9.83. The van der Waals surface area contributed by atoms with Crippen molar-refractivity contribution < 1.29 is 44.3 Å². The van der Waals surface area contributed by atoms with E-state index < -0.39 is 58.5 Å². The first kappa shape index (κ1) is 22.1. The predicted molar refractivity (Wildman–Crippen MR) is 81.0 cm³/mol. The fourth-order valence-corrected chi connectivity index (χ4v) is 2.78. The minimum Gasteiger partial charge on any atom is -0.380 e. The van der Waals surface area contributed by atoms with Gasteiger partial charge in [-0.1, -0.05) is 6.07 Å². The number of ether oxygens (including phenoxy) is 1. The number of hydrogen-bond donors (Lipinski definition) is 0. The van der Waals surface area contributed by atoms with E-state index in [1.54, 1.807) is 0 Å². The maximum absolute atomic E-state index is 14.8. The van der Waals surface area contributed by atoms with Gasteiger partial charge in [-0.05, 0) is 41.8 Å². The second kappa shape index (κ2) is 7.31. The van der Waals surface area contributed by atoms with Crippen LogP contribution in [0.3, 0.4) is 0 Å². The van der Waals surface area contributed by atoms with Crippen LogP contribution >= 0.6 is 0 Å². The summed E-state index contributed by atoms with van der Waals surface area (Å²) in [7, 11) is 1.08. The van der Waals surface area contributed by atoms with Gasteiger partial charge in [-0.3, -0.25) is 0 Å². The monoisotopic (exact) mass is 415 g/mol. The Balaban J connectivity index is 3.02. The molecule has 0 N–H and O–H groups in total. The summed E-state index contributed by atoms with van der Waals surface area (Å²) < 4.78 is 127. The van der Waals surface area contributed by atoms with E-state index in [9.17, 15) is 39.5 Å². The zero-order chi connectivity index (χ0) is 21.5. The quantitative estimate of drug-likeness (QED) is 0.543. The molecule has 0 unspecified atom stereocenters. The van der Waals surface area contributed by atoms with Crippen molar-refractivity contribution in [3.8, 4) is 11.1 Å². The summed E-state index contributed by atoms with van der Waals surface area (Å²) in [4.78, 5) is 0. The second-order valence-corrected chi connectivity index (χ2v) is 5.93. The molecular weight excluding hydrogens is 403 g/mol. The normalized spacial score (nSPS) is 13.1. The van der Waals surface area contributed by atoms with Gasteiger partial charge in [0.1, 0.15) is 11.6 Å². The molecule has 0 bridgehead atoms. The van der Waals surface area contributed by atoms with Crippen molar-refractivity contribution in [2.24, 2.45) is 0 Å². The Kier molecular flexibility index (Phi) is 5.76. The molecule has 0 amide bonds. The van der Waals surface area contributed by atoms with Crippen molar-refractivity contribution in [2.45, 2.75) is 31.6 Å². The Morgan fingerprint density at radius 3 is 1.96 bits per heavy atom. The first-order chi connectivity index (χ1) is 12.7. The summed E-state index contributed by atoms with van der Waals surface area (Å²) in [5, 5.41) is 0. The van der Waals surface area contributed by atoms with Gasteiger partial charge in [0.15, 0.2) is 0 Å². The molecule has 0 atom stereocenters. The van der Waals surface area contributed by atoms with E-state index in [-0.39, 0.29) is 17.7 Å². The van der Waals surface area contributed by atoms with Crippen molar-refractivity contribution in [1.29, 1.82) is 0 Å². The number of alkyl halides is 7. The Hall–Kier alpha value is -2.23. The van der Waals surface area contributed by atoms with Gasteiger partial charge >= 0.3 is 18.0 Å². The van der Waals surface area contributed by atoms with Crippen molar-refractivity contribution in [2.75, 3.05) is 7.11 Å². The third-order valence-corrected chi connectivity index (χ3v) is 3.92. The third kappa shape index (κ3) is 3.69. The molecule has 0 heterocycles. The Bertz CT molecular complexity index is 855. The first-order valence-corrected chi connectivity index (χ1v) is 7.57. The summed E-state index contributed by atoms with van der Waals surface area (Å²) >= 11 is 0. The van der Waals surface area contributed by atoms with E-state index in [1.807, 2.05) is 0 Å². The molecule has 2 aromatic rings. The average Bonchev–Trinajstić information content (AvgIpc) is 2.52. The van der Waals surface area contributed by atoms with Gasteiger partial charge in [0.05, 0.1) is 6.61 Å². The van der Waals surface area contributed by atoms with Crippen LogP contribution in [0.25, 0.3) is 11.1 Å². The van der Waals surface area contributed by atoms with Gasteiger partial charge in [-0.2, -0.15) is 26.3 Å². The van der Waals surface area contributed by atoms with Crippen LogP contribution in [-0.2, 0) is 17.0 Å². The zero-order valence-electron chi connectivity index (χ0n) is 14.3. The molecule has 1 nitrogen and oxygen atoms in total. The fourth-order valence-electron chi connectivity index (χ4n) is 2.78. The summed E-state index contributed by atoms with van der Waals surface area (Å²) in [6.07, 6.45) is -12.8. The van der Waals surface area contributed by atoms with Crippen molar-refractivity contribution in [3.05, 3.63) is 58.7 Å². The summed E-state index contributed by atoms with van der Waals surface area (Å²) in [6, 6.07) is 4.24. The zero-order valence-corrected chi connectivity index (χ0v) is 14.3. The fraction of sp³-hybridized carbons (Fsp3) is 0.333. The van der Waals surface area contributed by atoms with E-state index in [1.165, 1.54) is 0 Å². The van der Waals surface area contributed by atoms with E-state index >= 15 is 0 Å². The van der Waals surface area contributed by atoms with Crippen LogP contribution in [0.5, 0.6) is 0 Å². The molecule has 0 fully saturated rings. The number of methoxy groups -OCH3 is 1. The molecule has 2 rings (SSSR count). The standard InChI is InChI=1S/C18H12F9O/c1-9-5-10(8-28-2)15(12-4-3-11(19)7-14(12)20)13(6-9)16(21,17(22,23)24)18(25,26)27/h3-4,6-7H,8H2,1-2H3. The maximum atomic E-state index is 14.8. The van der Waals surface area contributed by atoms with Crippen LogP contribution in [-0.4, -0.2) is 19.5 Å². The van der Waals surface area contributed by atoms with Crippen LogP contribution in [0.4, 0.5) is 39.5 Å². The first-order valence-electron chi connectivity index (χ1n) is 7.57. The number of hydrogen-bond acceptors (Lipinski definition) is 1. The molecule has 0 aliphatic rings.